The third-order valence-electron chi connectivity index (χ3n) is 5.40. The fourth-order valence-electron chi connectivity index (χ4n) is 3.86. The van der Waals surface area contributed by atoms with Crippen molar-refractivity contribution >= 4 is 28.6 Å². The van der Waals surface area contributed by atoms with Gasteiger partial charge in [-0.15, -0.1) is 0 Å². The molecule has 0 saturated heterocycles. The predicted molar refractivity (Wildman–Crippen MR) is 124 cm³/mol. The molecule has 1 aliphatic carbocycles. The number of carbonyl (C=O) groups is 1. The maximum Gasteiger partial charge on any atom is 0.273 e. The van der Waals surface area contributed by atoms with Gasteiger partial charge in [-0.1, -0.05) is 19.6 Å². The van der Waals surface area contributed by atoms with Crippen LogP contribution in [0.5, 0.6) is 5.75 Å². The molecule has 3 aromatic rings. The molecule has 4 rings (SSSR count). The number of nitrogens with zero attached hydrogens (tertiary/aromatic N) is 4. The van der Waals surface area contributed by atoms with Crippen molar-refractivity contribution in [2.24, 2.45) is 0 Å². The average Bonchev–Trinajstić information content (AvgIpc) is 2.74. The lowest BCUT2D eigenvalue weighted by atomic mass is 9.91. The number of carbonyl (C=O) groups excluding carboxylic acids is 1. The van der Waals surface area contributed by atoms with Gasteiger partial charge in [-0.2, -0.15) is 4.98 Å². The molecule has 2 heterocycles. The zero-order valence-electron chi connectivity index (χ0n) is 17.2. The van der Waals surface area contributed by atoms with Crippen molar-refractivity contribution in [2.45, 2.75) is 45.2 Å². The summed E-state index contributed by atoms with van der Waals surface area (Å²) in [6.07, 6.45) is 4.97. The number of amides is 1. The van der Waals surface area contributed by atoms with Crippen LogP contribution >= 0.6 is 0 Å². The van der Waals surface area contributed by atoms with Crippen LogP contribution in [0.15, 0.2) is 42.6 Å². The smallest absolute Gasteiger partial charge is 0.273 e. The van der Waals surface area contributed by atoms with Gasteiger partial charge in [-0.3, -0.25) is 4.79 Å². The van der Waals surface area contributed by atoms with Crippen molar-refractivity contribution in [1.82, 2.24) is 20.3 Å². The summed E-state index contributed by atoms with van der Waals surface area (Å²) >= 11 is 0. The highest BCUT2D eigenvalue weighted by atomic mass is 16.3. The molecule has 0 unspecified atom stereocenters. The fourth-order valence-corrected chi connectivity index (χ4v) is 3.86. The molecule has 0 aliphatic heterocycles. The molecule has 2 aromatic heterocycles. The lowest BCUT2D eigenvalue weighted by Crippen LogP contribution is -2.40. The summed E-state index contributed by atoms with van der Waals surface area (Å²) in [5, 5.41) is 17.3. The van der Waals surface area contributed by atoms with Gasteiger partial charge in [-0.25, -0.2) is 9.97 Å². The van der Waals surface area contributed by atoms with E-state index in [2.05, 4.69) is 20.6 Å². The lowest BCUT2D eigenvalue weighted by Gasteiger charge is -2.30. The molecule has 0 spiro atoms. The van der Waals surface area contributed by atoms with Crippen LogP contribution in [0, 0.1) is 0 Å². The van der Waals surface area contributed by atoms with Gasteiger partial charge in [0.2, 0.25) is 5.95 Å². The third-order valence-corrected chi connectivity index (χ3v) is 5.40. The Morgan fingerprint density at radius 2 is 1.74 bits per heavy atom. The first kappa shape index (κ1) is 22.3. The number of anilines is 2. The number of benzene rings is 1. The highest BCUT2D eigenvalue weighted by Crippen LogP contribution is 2.26. The molecular formula is C23H30N6O2. The van der Waals surface area contributed by atoms with Crippen LogP contribution in [0.2, 0.25) is 0 Å². The summed E-state index contributed by atoms with van der Waals surface area (Å²) in [5.41, 5.74) is 0.980. The first-order chi connectivity index (χ1) is 14.5. The monoisotopic (exact) mass is 422 g/mol. The van der Waals surface area contributed by atoms with Crippen LogP contribution in [-0.2, 0) is 0 Å². The maximum absolute atomic E-state index is 12.4. The number of hydrogen-bond donors (Lipinski definition) is 3. The summed E-state index contributed by atoms with van der Waals surface area (Å²) in [6.45, 7) is 0. The van der Waals surface area contributed by atoms with Crippen molar-refractivity contribution in [2.75, 3.05) is 24.3 Å². The van der Waals surface area contributed by atoms with Crippen LogP contribution in [0.3, 0.4) is 0 Å². The quantitative estimate of drug-likeness (QED) is 0.577. The Hall–Kier alpha value is -3.42. The van der Waals surface area contributed by atoms with Crippen molar-refractivity contribution in [3.8, 4) is 5.75 Å². The van der Waals surface area contributed by atoms with Gasteiger partial charge in [-0.05, 0) is 49.9 Å². The molecule has 31 heavy (non-hydrogen) atoms. The molecule has 3 N–H and O–H groups in total. The molecule has 0 radical (unpaired) electrons. The summed E-state index contributed by atoms with van der Waals surface area (Å²) in [5.74, 6) is 1.08. The standard InChI is InChI=1S/C22H26N6O2.CH4/c1-28(2)20-16-6-3-4-7-17(16)26-22(27-20)25-15-11-9-14(10-12-15)24-21(30)19-18(29)8-5-13-23-19;/h3-8,13-15,29H,9-12H2,1-2H3,(H,24,30)(H,25,26,27);1H4. The van der Waals surface area contributed by atoms with E-state index in [9.17, 15) is 9.90 Å². The molecule has 1 aliphatic rings. The lowest BCUT2D eigenvalue weighted by molar-refractivity contribution is 0.0918. The number of nitrogens with one attached hydrogen (secondary N) is 2. The topological polar surface area (TPSA) is 103 Å². The van der Waals surface area contributed by atoms with Gasteiger partial charge in [0.1, 0.15) is 11.6 Å². The van der Waals surface area contributed by atoms with Gasteiger partial charge in [0.25, 0.3) is 5.91 Å². The summed E-state index contributed by atoms with van der Waals surface area (Å²) in [7, 11) is 3.96. The Morgan fingerprint density at radius 1 is 1.03 bits per heavy atom. The number of pyridine rings is 1. The third kappa shape index (κ3) is 5.02. The summed E-state index contributed by atoms with van der Waals surface area (Å²) < 4.78 is 0. The molecule has 8 nitrogen and oxygen atoms in total. The molecule has 0 bridgehead atoms. The van der Waals surface area contributed by atoms with E-state index in [1.165, 1.54) is 12.3 Å². The van der Waals surface area contributed by atoms with E-state index in [1.54, 1.807) is 6.07 Å². The Labute approximate surface area is 182 Å². The van der Waals surface area contributed by atoms with Gasteiger partial charge < -0.3 is 20.6 Å². The van der Waals surface area contributed by atoms with Crippen molar-refractivity contribution in [3.05, 3.63) is 48.3 Å². The van der Waals surface area contributed by atoms with E-state index in [0.29, 0.717) is 5.95 Å². The first-order valence-electron chi connectivity index (χ1n) is 10.2. The van der Waals surface area contributed by atoms with E-state index in [1.807, 2.05) is 43.3 Å². The molecule has 1 fully saturated rings. The maximum atomic E-state index is 12.4. The highest BCUT2D eigenvalue weighted by molar-refractivity contribution is 5.95. The molecule has 8 heteroatoms. The molecule has 1 aromatic carbocycles. The number of rotatable bonds is 5. The van der Waals surface area contributed by atoms with Gasteiger partial charge in [0, 0.05) is 37.8 Å². The number of aromatic nitrogens is 3. The van der Waals surface area contributed by atoms with E-state index in [4.69, 9.17) is 4.98 Å². The second kappa shape index (κ2) is 9.59. The number of fused-ring (bicyclic) bond motifs is 1. The largest absolute Gasteiger partial charge is 0.505 e. The zero-order valence-corrected chi connectivity index (χ0v) is 17.2. The van der Waals surface area contributed by atoms with E-state index < -0.39 is 0 Å². The molecule has 1 amide bonds. The van der Waals surface area contributed by atoms with Crippen molar-refractivity contribution in [1.29, 1.82) is 0 Å². The van der Waals surface area contributed by atoms with Gasteiger partial charge in [0.15, 0.2) is 5.69 Å². The second-order valence-corrected chi connectivity index (χ2v) is 7.82. The zero-order chi connectivity index (χ0) is 21.1. The summed E-state index contributed by atoms with van der Waals surface area (Å²) in [4.78, 5) is 27.7. The minimum Gasteiger partial charge on any atom is -0.505 e. The average molecular weight is 423 g/mol. The number of para-hydroxylation sites is 1. The first-order valence-corrected chi connectivity index (χ1v) is 10.2. The van der Waals surface area contributed by atoms with Crippen LogP contribution in [0.1, 0.15) is 43.6 Å². The van der Waals surface area contributed by atoms with Gasteiger partial charge in [0.05, 0.1) is 5.52 Å². The van der Waals surface area contributed by atoms with Crippen molar-refractivity contribution in [3.63, 3.8) is 0 Å². The highest BCUT2D eigenvalue weighted by Gasteiger charge is 2.25. The Morgan fingerprint density at radius 3 is 2.45 bits per heavy atom. The van der Waals surface area contributed by atoms with Crippen LogP contribution in [-0.4, -0.2) is 52.1 Å². The van der Waals surface area contributed by atoms with Gasteiger partial charge >= 0.3 is 0 Å². The Balaban J connectivity index is 0.00000272. The normalized spacial score (nSPS) is 18.1. The van der Waals surface area contributed by atoms with Crippen LogP contribution in [0.25, 0.3) is 10.9 Å². The van der Waals surface area contributed by atoms with Crippen LogP contribution < -0.4 is 15.5 Å². The summed E-state index contributed by atoms with van der Waals surface area (Å²) in [6, 6.07) is 11.4. The molecule has 0 atom stereocenters. The minimum absolute atomic E-state index is 0. The van der Waals surface area contributed by atoms with Crippen LogP contribution in [0.4, 0.5) is 11.8 Å². The van der Waals surface area contributed by atoms with E-state index in [0.717, 1.165) is 42.4 Å². The second-order valence-electron chi connectivity index (χ2n) is 7.82. The van der Waals surface area contributed by atoms with E-state index >= 15 is 0 Å². The minimum atomic E-state index is -0.335. The SMILES string of the molecule is C.CN(C)c1nc(NC2CCC(NC(=O)c3ncccc3O)CC2)nc2ccccc12. The predicted octanol–water partition coefficient (Wildman–Crippen LogP) is 3.59. The number of aromatic hydroxyl groups is 1. The molecule has 164 valence electrons. The van der Waals surface area contributed by atoms with Crippen molar-refractivity contribution < 1.29 is 9.90 Å². The number of hydrogen-bond acceptors (Lipinski definition) is 7. The Bertz CT molecular complexity index is 1050. The molecular weight excluding hydrogens is 392 g/mol. The Kier molecular flexibility index (Phi) is 6.89. The molecule has 1 saturated carbocycles. The fraction of sp³-hybridized carbons (Fsp3) is 0.391. The van der Waals surface area contributed by atoms with E-state index in [-0.39, 0.29) is 36.9 Å².